The zero-order chi connectivity index (χ0) is 20.8. The van der Waals surface area contributed by atoms with Crippen molar-refractivity contribution in [2.45, 2.75) is 13.0 Å². The summed E-state index contributed by atoms with van der Waals surface area (Å²) in [6.45, 7) is 0.280. The molecule has 0 saturated heterocycles. The fourth-order valence-corrected chi connectivity index (χ4v) is 2.99. The lowest BCUT2D eigenvalue weighted by Gasteiger charge is -2.08. The lowest BCUT2D eigenvalue weighted by Crippen LogP contribution is -2.14. The summed E-state index contributed by atoms with van der Waals surface area (Å²) < 4.78 is 7.23. The number of hydrogen-bond donors (Lipinski definition) is 1. The van der Waals surface area contributed by atoms with Gasteiger partial charge in [0.05, 0.1) is 6.42 Å². The number of nitrogens with zero attached hydrogens (tertiary/aromatic N) is 4. The number of ether oxygens (including phenoxy) is 1. The summed E-state index contributed by atoms with van der Waals surface area (Å²) >= 11 is 0. The highest BCUT2D eigenvalue weighted by Crippen LogP contribution is 2.21. The van der Waals surface area contributed by atoms with Crippen molar-refractivity contribution in [1.29, 1.82) is 0 Å². The first-order valence-electron chi connectivity index (χ1n) is 9.56. The number of benzene rings is 3. The minimum absolute atomic E-state index is 0.0683. The van der Waals surface area contributed by atoms with Crippen LogP contribution in [0, 0.1) is 0 Å². The second-order valence-electron chi connectivity index (χ2n) is 6.82. The highest BCUT2D eigenvalue weighted by molar-refractivity contribution is 5.92. The highest BCUT2D eigenvalue weighted by Gasteiger charge is 2.07. The summed E-state index contributed by atoms with van der Waals surface area (Å²) in [7, 11) is 1.76. The Balaban J connectivity index is 1.30. The monoisotopic (exact) mass is 399 g/mol. The Bertz CT molecular complexity index is 1110. The minimum Gasteiger partial charge on any atom is -0.486 e. The molecule has 150 valence electrons. The van der Waals surface area contributed by atoms with E-state index in [0.29, 0.717) is 11.6 Å². The molecule has 1 aromatic heterocycles. The van der Waals surface area contributed by atoms with Crippen LogP contribution in [0.25, 0.3) is 11.1 Å². The molecule has 1 heterocycles. The number of aromatic nitrogens is 4. The molecule has 0 fully saturated rings. The lowest BCUT2D eigenvalue weighted by molar-refractivity contribution is -0.115. The highest BCUT2D eigenvalue weighted by atomic mass is 16.5. The lowest BCUT2D eigenvalue weighted by atomic mass is 10.1. The third-order valence-electron chi connectivity index (χ3n) is 4.64. The van der Waals surface area contributed by atoms with Crippen LogP contribution in [-0.4, -0.2) is 26.1 Å². The first kappa shape index (κ1) is 19.3. The van der Waals surface area contributed by atoms with E-state index in [-0.39, 0.29) is 18.9 Å². The van der Waals surface area contributed by atoms with Gasteiger partial charge in [0.25, 0.3) is 0 Å². The van der Waals surface area contributed by atoms with Crippen LogP contribution >= 0.6 is 0 Å². The van der Waals surface area contributed by atoms with Crippen molar-refractivity contribution in [3.63, 3.8) is 0 Å². The van der Waals surface area contributed by atoms with Crippen LogP contribution in [-0.2, 0) is 24.9 Å². The van der Waals surface area contributed by atoms with Gasteiger partial charge in [0.15, 0.2) is 5.82 Å². The summed E-state index contributed by atoms with van der Waals surface area (Å²) in [6, 6.07) is 25.4. The zero-order valence-corrected chi connectivity index (χ0v) is 16.5. The number of rotatable bonds is 7. The van der Waals surface area contributed by atoms with E-state index in [9.17, 15) is 4.79 Å². The van der Waals surface area contributed by atoms with Crippen molar-refractivity contribution in [2.24, 2.45) is 7.05 Å². The quantitative estimate of drug-likeness (QED) is 0.513. The molecule has 0 saturated carbocycles. The minimum atomic E-state index is -0.0683. The average molecular weight is 399 g/mol. The van der Waals surface area contributed by atoms with E-state index in [1.54, 1.807) is 11.7 Å². The van der Waals surface area contributed by atoms with Crippen molar-refractivity contribution in [3.8, 4) is 16.9 Å². The number of hydrogen-bond acceptors (Lipinski definition) is 5. The van der Waals surface area contributed by atoms with Gasteiger partial charge >= 0.3 is 0 Å². The molecule has 0 aliphatic carbocycles. The van der Waals surface area contributed by atoms with Crippen LogP contribution in [0.15, 0.2) is 78.9 Å². The maximum atomic E-state index is 12.4. The van der Waals surface area contributed by atoms with E-state index in [1.165, 1.54) is 0 Å². The molecule has 30 heavy (non-hydrogen) atoms. The van der Waals surface area contributed by atoms with Gasteiger partial charge in [-0.15, -0.1) is 5.10 Å². The fourth-order valence-electron chi connectivity index (χ4n) is 2.99. The van der Waals surface area contributed by atoms with E-state index >= 15 is 0 Å². The molecule has 4 aromatic rings. The normalized spacial score (nSPS) is 10.6. The number of tetrazole rings is 1. The van der Waals surface area contributed by atoms with Crippen molar-refractivity contribution in [3.05, 3.63) is 90.3 Å². The SMILES string of the molecule is Cn1nnnc1COc1ccc(CC(=O)Nc2ccc(-c3ccccc3)cc2)cc1. The van der Waals surface area contributed by atoms with Crippen LogP contribution in [0.5, 0.6) is 5.75 Å². The van der Waals surface area contributed by atoms with E-state index in [2.05, 4.69) is 33.0 Å². The Morgan fingerprint density at radius 3 is 2.30 bits per heavy atom. The zero-order valence-electron chi connectivity index (χ0n) is 16.5. The molecule has 7 nitrogen and oxygen atoms in total. The predicted octanol–water partition coefficient (Wildman–Crippen LogP) is 3.64. The summed E-state index contributed by atoms with van der Waals surface area (Å²) in [6.07, 6.45) is 0.286. The molecule has 0 bridgehead atoms. The Hall–Kier alpha value is -4.00. The van der Waals surface area contributed by atoms with Crippen molar-refractivity contribution >= 4 is 11.6 Å². The average Bonchev–Trinajstić information content (AvgIpc) is 3.19. The second-order valence-corrected chi connectivity index (χ2v) is 6.82. The fraction of sp³-hybridized carbons (Fsp3) is 0.130. The van der Waals surface area contributed by atoms with Gasteiger partial charge in [0, 0.05) is 12.7 Å². The van der Waals surface area contributed by atoms with E-state index in [4.69, 9.17) is 4.74 Å². The third kappa shape index (κ3) is 4.88. The van der Waals surface area contributed by atoms with Gasteiger partial charge in [0.1, 0.15) is 12.4 Å². The number of nitrogens with one attached hydrogen (secondary N) is 1. The number of amides is 1. The summed E-state index contributed by atoms with van der Waals surface area (Å²) in [4.78, 5) is 12.4. The van der Waals surface area contributed by atoms with Gasteiger partial charge in [0.2, 0.25) is 5.91 Å². The van der Waals surface area contributed by atoms with Crippen molar-refractivity contribution in [2.75, 3.05) is 5.32 Å². The van der Waals surface area contributed by atoms with Crippen LogP contribution in [0.3, 0.4) is 0 Å². The summed E-state index contributed by atoms with van der Waals surface area (Å²) in [5.41, 5.74) is 3.94. The molecule has 0 spiro atoms. The molecular formula is C23H21N5O2. The van der Waals surface area contributed by atoms with Gasteiger partial charge < -0.3 is 10.1 Å². The molecule has 1 N–H and O–H groups in total. The van der Waals surface area contributed by atoms with Crippen LogP contribution in [0.2, 0.25) is 0 Å². The van der Waals surface area contributed by atoms with Crippen molar-refractivity contribution in [1.82, 2.24) is 20.2 Å². The molecule has 0 atom stereocenters. The second kappa shape index (κ2) is 9.00. The summed E-state index contributed by atoms with van der Waals surface area (Å²) in [5.74, 6) is 1.26. The van der Waals surface area contributed by atoms with Gasteiger partial charge in [-0.1, -0.05) is 54.6 Å². The van der Waals surface area contributed by atoms with E-state index in [0.717, 1.165) is 22.4 Å². The number of carbonyl (C=O) groups is 1. The Morgan fingerprint density at radius 1 is 0.933 bits per heavy atom. The largest absolute Gasteiger partial charge is 0.486 e. The standard InChI is InChI=1S/C23H21N5O2/c1-28-22(25-26-27-28)16-30-21-13-7-17(8-14-21)15-23(29)24-20-11-9-19(10-12-20)18-5-3-2-4-6-18/h2-14H,15-16H2,1H3,(H,24,29). The van der Waals surface area contributed by atoms with Crippen LogP contribution in [0.1, 0.15) is 11.4 Å². The number of carbonyl (C=O) groups excluding carboxylic acids is 1. The van der Waals surface area contributed by atoms with Crippen molar-refractivity contribution < 1.29 is 9.53 Å². The molecular weight excluding hydrogens is 378 g/mol. The first-order chi connectivity index (χ1) is 14.7. The molecule has 0 aliphatic rings. The number of aryl methyl sites for hydroxylation is 1. The third-order valence-corrected chi connectivity index (χ3v) is 4.64. The van der Waals surface area contributed by atoms with Gasteiger partial charge in [-0.25, -0.2) is 4.68 Å². The topological polar surface area (TPSA) is 81.9 Å². The van der Waals surface area contributed by atoms with E-state index in [1.807, 2.05) is 66.7 Å². The smallest absolute Gasteiger partial charge is 0.228 e. The van der Waals surface area contributed by atoms with Gasteiger partial charge in [-0.3, -0.25) is 4.79 Å². The summed E-state index contributed by atoms with van der Waals surface area (Å²) in [5, 5.41) is 14.1. The maximum Gasteiger partial charge on any atom is 0.228 e. The first-order valence-corrected chi connectivity index (χ1v) is 9.56. The Morgan fingerprint density at radius 2 is 1.63 bits per heavy atom. The number of anilines is 1. The molecule has 4 rings (SSSR count). The molecule has 3 aromatic carbocycles. The molecule has 0 unspecified atom stereocenters. The van der Waals surface area contributed by atoms with Gasteiger partial charge in [-0.2, -0.15) is 0 Å². The maximum absolute atomic E-state index is 12.4. The van der Waals surface area contributed by atoms with Gasteiger partial charge in [-0.05, 0) is 51.4 Å². The molecule has 1 amide bonds. The molecule has 7 heteroatoms. The Kier molecular flexibility index (Phi) is 5.80. The Labute approximate surface area is 174 Å². The molecule has 0 aliphatic heterocycles. The molecule has 0 radical (unpaired) electrons. The van der Waals surface area contributed by atoms with Crippen LogP contribution < -0.4 is 10.1 Å². The van der Waals surface area contributed by atoms with E-state index < -0.39 is 0 Å². The van der Waals surface area contributed by atoms with Crippen LogP contribution in [0.4, 0.5) is 5.69 Å². The predicted molar refractivity (Wildman–Crippen MR) is 114 cm³/mol.